The van der Waals surface area contributed by atoms with Crippen molar-refractivity contribution in [2.75, 3.05) is 18.6 Å². The first-order chi connectivity index (χ1) is 14.0. The molecule has 0 radical (unpaired) electrons. The van der Waals surface area contributed by atoms with Crippen molar-refractivity contribution in [3.05, 3.63) is 24.0 Å². The van der Waals surface area contributed by atoms with Crippen LogP contribution in [0.2, 0.25) is 0 Å². The summed E-state index contributed by atoms with van der Waals surface area (Å²) in [5.74, 6) is 0.384. The highest BCUT2D eigenvalue weighted by atomic mass is 32.1. The molecular formula is C20H20N6O2S. The van der Waals surface area contributed by atoms with Crippen molar-refractivity contribution in [2.24, 2.45) is 5.41 Å². The van der Waals surface area contributed by atoms with Crippen LogP contribution in [0.3, 0.4) is 0 Å². The van der Waals surface area contributed by atoms with Gasteiger partial charge in [0.2, 0.25) is 5.91 Å². The highest BCUT2D eigenvalue weighted by molar-refractivity contribution is 7.17. The molecule has 0 spiro atoms. The number of nitrogens with zero attached hydrogens (tertiary/aromatic N) is 6. The highest BCUT2D eigenvalue weighted by Gasteiger charge is 2.45. The molecule has 1 saturated carbocycles. The van der Waals surface area contributed by atoms with Crippen molar-refractivity contribution in [1.82, 2.24) is 19.7 Å². The molecule has 0 N–H and O–H groups in total. The minimum Gasteiger partial charge on any atom is -0.381 e. The number of methoxy groups -OCH3 is 1. The van der Waals surface area contributed by atoms with Crippen LogP contribution >= 0.6 is 11.3 Å². The first-order valence-electron chi connectivity index (χ1n) is 9.57. The van der Waals surface area contributed by atoms with Gasteiger partial charge in [0.25, 0.3) is 0 Å². The Hall–Kier alpha value is -2.83. The van der Waals surface area contributed by atoms with Crippen LogP contribution in [0, 0.1) is 16.7 Å². The van der Waals surface area contributed by atoms with E-state index < -0.39 is 5.41 Å². The molecule has 0 unspecified atom stereocenters. The minimum atomic E-state index is -0.998. The fraction of sp³-hybridized carbons (Fsp3) is 0.450. The molecule has 5 rings (SSSR count). The van der Waals surface area contributed by atoms with Crippen LogP contribution in [0.15, 0.2) is 24.0 Å². The van der Waals surface area contributed by atoms with E-state index in [9.17, 15) is 10.1 Å². The van der Waals surface area contributed by atoms with Crippen molar-refractivity contribution in [1.29, 1.82) is 5.26 Å². The molecular weight excluding hydrogens is 388 g/mol. The van der Waals surface area contributed by atoms with Gasteiger partial charge in [-0.2, -0.15) is 10.4 Å². The predicted octanol–water partition coefficient (Wildman–Crippen LogP) is 3.17. The normalized spacial score (nSPS) is 26.7. The molecule has 1 aliphatic carbocycles. The molecule has 1 aliphatic heterocycles. The van der Waals surface area contributed by atoms with Gasteiger partial charge in [-0.25, -0.2) is 9.97 Å². The number of fused-ring (bicyclic) bond motifs is 1. The molecule has 148 valence electrons. The zero-order valence-corrected chi connectivity index (χ0v) is 17.0. The Morgan fingerprint density at radius 3 is 2.97 bits per heavy atom. The van der Waals surface area contributed by atoms with Crippen molar-refractivity contribution in [3.63, 3.8) is 0 Å². The molecule has 3 aromatic rings. The average molecular weight is 408 g/mol. The van der Waals surface area contributed by atoms with Crippen LogP contribution in [0.4, 0.5) is 5.82 Å². The van der Waals surface area contributed by atoms with Crippen molar-refractivity contribution < 1.29 is 9.53 Å². The lowest BCUT2D eigenvalue weighted by Gasteiger charge is -2.34. The van der Waals surface area contributed by atoms with Crippen LogP contribution in [0.5, 0.6) is 0 Å². The van der Waals surface area contributed by atoms with Crippen LogP contribution < -0.4 is 4.90 Å². The molecule has 2 aliphatic rings. The number of nitriles is 1. The van der Waals surface area contributed by atoms with Gasteiger partial charge in [-0.15, -0.1) is 11.3 Å². The van der Waals surface area contributed by atoms with Gasteiger partial charge in [-0.1, -0.05) is 0 Å². The van der Waals surface area contributed by atoms with E-state index >= 15 is 0 Å². The number of thiazole rings is 1. The van der Waals surface area contributed by atoms with Gasteiger partial charge < -0.3 is 4.74 Å². The van der Waals surface area contributed by atoms with E-state index in [4.69, 9.17) is 9.72 Å². The van der Waals surface area contributed by atoms with E-state index in [2.05, 4.69) is 16.2 Å². The topological polar surface area (TPSA) is 96.9 Å². The molecule has 8 nitrogen and oxygen atoms in total. The first-order valence-corrected chi connectivity index (χ1v) is 10.4. The molecule has 4 heterocycles. The van der Waals surface area contributed by atoms with Crippen molar-refractivity contribution in [3.8, 4) is 17.3 Å². The number of aromatic nitrogens is 4. The zero-order valence-electron chi connectivity index (χ0n) is 16.2. The summed E-state index contributed by atoms with van der Waals surface area (Å²) in [4.78, 5) is 23.8. The minimum absolute atomic E-state index is 0.199. The molecule has 3 aromatic heterocycles. The van der Waals surface area contributed by atoms with Gasteiger partial charge in [-0.05, 0) is 32.3 Å². The lowest BCUT2D eigenvalue weighted by atomic mass is 9.89. The standard InChI is InChI=1S/C20H20N6O2S/c1-20(10-21)3-4-25(19(20)27)18-17-16(22-11-29-17)7-15(24-18)12-8-23-26(9-12)13-5-14(6-13)28-2/h7-9,11,13-14H,3-6H2,1-2H3/t13?,14?,20-/m1/s1. The van der Waals surface area contributed by atoms with E-state index in [1.54, 1.807) is 30.6 Å². The van der Waals surface area contributed by atoms with E-state index in [0.717, 1.165) is 34.3 Å². The number of rotatable bonds is 4. The fourth-order valence-corrected chi connectivity index (χ4v) is 4.71. The van der Waals surface area contributed by atoms with Crippen LogP contribution in [0.1, 0.15) is 32.2 Å². The number of ether oxygens (including phenoxy) is 1. The van der Waals surface area contributed by atoms with E-state index in [1.807, 2.05) is 16.9 Å². The third-order valence-electron chi connectivity index (χ3n) is 6.03. The van der Waals surface area contributed by atoms with E-state index in [1.165, 1.54) is 11.3 Å². The molecule has 0 aromatic carbocycles. The van der Waals surface area contributed by atoms with Gasteiger partial charge in [-0.3, -0.25) is 14.4 Å². The molecule has 29 heavy (non-hydrogen) atoms. The number of carbonyl (C=O) groups is 1. The summed E-state index contributed by atoms with van der Waals surface area (Å²) in [5.41, 5.74) is 3.17. The Bertz CT molecular complexity index is 1140. The number of amides is 1. The summed E-state index contributed by atoms with van der Waals surface area (Å²) >= 11 is 1.45. The Morgan fingerprint density at radius 2 is 2.24 bits per heavy atom. The smallest absolute Gasteiger partial charge is 0.248 e. The zero-order chi connectivity index (χ0) is 20.2. The third kappa shape index (κ3) is 2.82. The van der Waals surface area contributed by atoms with Gasteiger partial charge in [0.1, 0.15) is 5.41 Å². The summed E-state index contributed by atoms with van der Waals surface area (Å²) in [6, 6.07) is 4.43. The van der Waals surface area contributed by atoms with Gasteiger partial charge in [0.05, 0.1) is 45.8 Å². The Labute approximate surface area is 171 Å². The summed E-state index contributed by atoms with van der Waals surface area (Å²) in [6.07, 6.45) is 6.50. The number of anilines is 1. The second-order valence-corrected chi connectivity index (χ2v) is 8.73. The number of carbonyl (C=O) groups excluding carboxylic acids is 1. The third-order valence-corrected chi connectivity index (χ3v) is 6.87. The molecule has 1 saturated heterocycles. The molecule has 2 fully saturated rings. The van der Waals surface area contributed by atoms with Crippen molar-refractivity contribution >= 4 is 33.3 Å². The lowest BCUT2D eigenvalue weighted by molar-refractivity contribution is -0.122. The maximum absolute atomic E-state index is 12.9. The summed E-state index contributed by atoms with van der Waals surface area (Å²) < 4.78 is 8.18. The van der Waals surface area contributed by atoms with E-state index in [0.29, 0.717) is 30.9 Å². The van der Waals surface area contributed by atoms with Crippen molar-refractivity contribution in [2.45, 2.75) is 38.3 Å². The fourth-order valence-electron chi connectivity index (χ4n) is 3.95. The lowest BCUT2D eigenvalue weighted by Crippen LogP contribution is -2.32. The second-order valence-electron chi connectivity index (χ2n) is 7.87. The predicted molar refractivity (Wildman–Crippen MR) is 108 cm³/mol. The average Bonchev–Trinajstić information content (AvgIpc) is 3.41. The molecule has 1 atom stereocenters. The summed E-state index contributed by atoms with van der Waals surface area (Å²) in [6.45, 7) is 2.17. The van der Waals surface area contributed by atoms with Crippen LogP contribution in [-0.2, 0) is 9.53 Å². The number of hydrogen-bond acceptors (Lipinski definition) is 7. The SMILES string of the molecule is COC1CC(n2cc(-c3cc4ncsc4c(N4CC[C@](C)(C#N)C4=O)n3)cn2)C1. The van der Waals surface area contributed by atoms with Gasteiger partial charge in [0, 0.05) is 25.4 Å². The summed E-state index contributed by atoms with van der Waals surface area (Å²) in [5, 5.41) is 13.9. The Balaban J connectivity index is 1.52. The molecule has 0 bridgehead atoms. The number of hydrogen-bond donors (Lipinski definition) is 0. The first kappa shape index (κ1) is 18.2. The Kier molecular flexibility index (Phi) is 4.15. The van der Waals surface area contributed by atoms with E-state index in [-0.39, 0.29) is 5.91 Å². The van der Waals surface area contributed by atoms with Gasteiger partial charge >= 0.3 is 0 Å². The molecule has 1 amide bonds. The second kappa shape index (κ2) is 6.61. The quantitative estimate of drug-likeness (QED) is 0.658. The maximum Gasteiger partial charge on any atom is 0.248 e. The summed E-state index contributed by atoms with van der Waals surface area (Å²) in [7, 11) is 1.74. The number of pyridine rings is 1. The van der Waals surface area contributed by atoms with Crippen LogP contribution in [-0.4, -0.2) is 45.4 Å². The maximum atomic E-state index is 12.9. The van der Waals surface area contributed by atoms with Gasteiger partial charge in [0.15, 0.2) is 5.82 Å². The highest BCUT2D eigenvalue weighted by Crippen LogP contribution is 2.39. The largest absolute Gasteiger partial charge is 0.381 e. The monoisotopic (exact) mass is 408 g/mol. The Morgan fingerprint density at radius 1 is 1.41 bits per heavy atom. The van der Waals surface area contributed by atoms with Crippen LogP contribution in [0.25, 0.3) is 21.5 Å². The molecule has 9 heteroatoms.